The van der Waals surface area contributed by atoms with Gasteiger partial charge in [0.2, 0.25) is 0 Å². The van der Waals surface area contributed by atoms with Crippen LogP contribution in [0.4, 0.5) is 13.2 Å². The summed E-state index contributed by atoms with van der Waals surface area (Å²) in [4.78, 5) is 0. The first-order chi connectivity index (χ1) is 8.34. The predicted octanol–water partition coefficient (Wildman–Crippen LogP) is 2.52. The van der Waals surface area contributed by atoms with Crippen molar-refractivity contribution in [2.75, 3.05) is 6.54 Å². The van der Waals surface area contributed by atoms with Gasteiger partial charge in [0.05, 0.1) is 0 Å². The van der Waals surface area contributed by atoms with Crippen LogP contribution in [0.25, 0.3) is 0 Å². The Labute approximate surface area is 107 Å². The molecule has 0 aromatic heterocycles. The van der Waals surface area contributed by atoms with Gasteiger partial charge in [0, 0.05) is 16.6 Å². The second-order valence-electron chi connectivity index (χ2n) is 4.12. The Hall–Kier alpha value is -0.880. The Balaban J connectivity index is 2.79. The lowest BCUT2D eigenvalue weighted by Crippen LogP contribution is -2.35. The van der Waals surface area contributed by atoms with Crippen LogP contribution in [0.2, 0.25) is 0 Å². The highest BCUT2D eigenvalue weighted by molar-refractivity contribution is 7.84. The smallest absolute Gasteiger partial charge is 0.330 e. The highest BCUT2D eigenvalue weighted by Gasteiger charge is 2.42. The summed E-state index contributed by atoms with van der Waals surface area (Å²) < 4.78 is 49.9. The molecule has 0 amide bonds. The van der Waals surface area contributed by atoms with Gasteiger partial charge in [-0.15, -0.1) is 0 Å². The van der Waals surface area contributed by atoms with Gasteiger partial charge >= 0.3 is 6.18 Å². The van der Waals surface area contributed by atoms with Crippen LogP contribution in [-0.2, 0) is 16.6 Å². The highest BCUT2D eigenvalue weighted by atomic mass is 32.2. The summed E-state index contributed by atoms with van der Waals surface area (Å²) in [5.41, 5.74) is 6.74. The summed E-state index contributed by atoms with van der Waals surface area (Å²) in [5.74, 6) is -0.0914. The van der Waals surface area contributed by atoms with Crippen LogP contribution in [0.1, 0.15) is 17.5 Å². The van der Waals surface area contributed by atoms with Crippen molar-refractivity contribution in [2.24, 2.45) is 5.73 Å². The number of hydrogen-bond acceptors (Lipinski definition) is 2. The van der Waals surface area contributed by atoms with Crippen LogP contribution in [0.15, 0.2) is 24.3 Å². The zero-order valence-electron chi connectivity index (χ0n) is 10.0. The van der Waals surface area contributed by atoms with Crippen LogP contribution in [-0.4, -0.2) is 22.2 Å². The maximum Gasteiger partial charge on any atom is 0.403 e. The molecule has 2 N–H and O–H groups in total. The standard InChI is InChI=1S/C12H16F3NOS/c1-9-3-2-4-10(7-9)8-18(17)11(5-6-16)12(13,14)15/h2-4,7,11H,5-6,8,16H2,1H3. The first-order valence-corrected chi connectivity index (χ1v) is 6.92. The van der Waals surface area contributed by atoms with Crippen molar-refractivity contribution in [1.82, 2.24) is 0 Å². The van der Waals surface area contributed by atoms with E-state index < -0.39 is 22.2 Å². The van der Waals surface area contributed by atoms with E-state index in [4.69, 9.17) is 5.73 Å². The van der Waals surface area contributed by atoms with Gasteiger partial charge in [-0.1, -0.05) is 29.8 Å². The Bertz CT molecular complexity index is 420. The molecule has 1 aromatic rings. The summed E-state index contributed by atoms with van der Waals surface area (Å²) in [5, 5.41) is -1.84. The molecule has 0 bridgehead atoms. The number of hydrogen-bond donors (Lipinski definition) is 1. The average molecular weight is 279 g/mol. The summed E-state index contributed by atoms with van der Waals surface area (Å²) in [6.07, 6.45) is -4.77. The Morgan fingerprint density at radius 2 is 2.06 bits per heavy atom. The van der Waals surface area contributed by atoms with Gasteiger partial charge in [0.1, 0.15) is 5.25 Å². The van der Waals surface area contributed by atoms with Crippen LogP contribution < -0.4 is 5.73 Å². The van der Waals surface area contributed by atoms with E-state index >= 15 is 0 Å². The van der Waals surface area contributed by atoms with Crippen molar-refractivity contribution in [1.29, 1.82) is 0 Å². The van der Waals surface area contributed by atoms with Gasteiger partial charge in [-0.25, -0.2) is 0 Å². The molecule has 102 valence electrons. The van der Waals surface area contributed by atoms with Crippen LogP contribution in [0.3, 0.4) is 0 Å². The SMILES string of the molecule is Cc1cccc(CS(=O)C(CCN)C(F)(F)F)c1. The Morgan fingerprint density at radius 3 is 2.56 bits per heavy atom. The first kappa shape index (κ1) is 15.2. The fraction of sp³-hybridized carbons (Fsp3) is 0.500. The van der Waals surface area contributed by atoms with E-state index in [1.807, 2.05) is 13.0 Å². The van der Waals surface area contributed by atoms with Crippen molar-refractivity contribution in [3.63, 3.8) is 0 Å². The molecule has 0 saturated carbocycles. The van der Waals surface area contributed by atoms with Crippen LogP contribution >= 0.6 is 0 Å². The van der Waals surface area contributed by atoms with Crippen molar-refractivity contribution in [3.8, 4) is 0 Å². The zero-order chi connectivity index (χ0) is 13.8. The second kappa shape index (κ2) is 6.33. The van der Waals surface area contributed by atoms with Gasteiger partial charge in [-0.2, -0.15) is 13.2 Å². The molecule has 0 radical (unpaired) electrons. The largest absolute Gasteiger partial charge is 0.403 e. The van der Waals surface area contributed by atoms with Crippen molar-refractivity contribution >= 4 is 10.8 Å². The minimum atomic E-state index is -4.46. The predicted molar refractivity (Wildman–Crippen MR) is 66.5 cm³/mol. The lowest BCUT2D eigenvalue weighted by molar-refractivity contribution is -0.130. The lowest BCUT2D eigenvalue weighted by Gasteiger charge is -2.19. The third kappa shape index (κ3) is 4.42. The van der Waals surface area contributed by atoms with Gasteiger partial charge in [-0.05, 0) is 25.5 Å². The molecular weight excluding hydrogens is 263 g/mol. The number of nitrogens with two attached hydrogens (primary N) is 1. The third-order valence-corrected chi connectivity index (χ3v) is 4.26. The maximum atomic E-state index is 12.7. The fourth-order valence-corrected chi connectivity index (χ4v) is 3.07. The molecule has 0 fully saturated rings. The van der Waals surface area contributed by atoms with Gasteiger partial charge < -0.3 is 5.73 Å². The summed E-state index contributed by atoms with van der Waals surface area (Å²) in [6, 6.07) is 7.01. The molecule has 0 saturated heterocycles. The number of benzene rings is 1. The van der Waals surface area contributed by atoms with E-state index in [2.05, 4.69) is 0 Å². The van der Waals surface area contributed by atoms with Gasteiger partial charge in [0.25, 0.3) is 0 Å². The summed E-state index contributed by atoms with van der Waals surface area (Å²) >= 11 is 0. The monoisotopic (exact) mass is 279 g/mol. The zero-order valence-corrected chi connectivity index (χ0v) is 10.9. The van der Waals surface area contributed by atoms with E-state index in [1.165, 1.54) is 0 Å². The molecule has 18 heavy (non-hydrogen) atoms. The van der Waals surface area contributed by atoms with E-state index in [9.17, 15) is 17.4 Å². The second-order valence-corrected chi connectivity index (χ2v) is 5.74. The van der Waals surface area contributed by atoms with E-state index in [0.29, 0.717) is 5.56 Å². The van der Waals surface area contributed by atoms with Crippen LogP contribution in [0.5, 0.6) is 0 Å². The molecule has 0 aliphatic rings. The topological polar surface area (TPSA) is 43.1 Å². The molecule has 0 spiro atoms. The van der Waals surface area contributed by atoms with E-state index in [1.54, 1.807) is 18.2 Å². The molecular formula is C12H16F3NOS. The minimum Gasteiger partial charge on any atom is -0.330 e. The normalized spacial score (nSPS) is 15.4. The molecule has 1 aromatic carbocycles. The molecule has 1 rings (SSSR count). The molecule has 2 unspecified atom stereocenters. The molecule has 0 aliphatic heterocycles. The van der Waals surface area contributed by atoms with E-state index in [-0.39, 0.29) is 18.7 Å². The first-order valence-electron chi connectivity index (χ1n) is 5.54. The molecule has 0 aliphatic carbocycles. The number of aryl methyl sites for hydroxylation is 1. The molecule has 0 heterocycles. The highest BCUT2D eigenvalue weighted by Crippen LogP contribution is 2.28. The molecule has 2 atom stereocenters. The fourth-order valence-electron chi connectivity index (χ4n) is 1.66. The summed E-state index contributed by atoms with van der Waals surface area (Å²) in [7, 11) is -1.99. The van der Waals surface area contributed by atoms with Crippen molar-refractivity contribution in [3.05, 3.63) is 35.4 Å². The third-order valence-electron chi connectivity index (χ3n) is 2.50. The molecule has 6 heteroatoms. The quantitative estimate of drug-likeness (QED) is 0.900. The van der Waals surface area contributed by atoms with Crippen molar-refractivity contribution < 1.29 is 17.4 Å². The Morgan fingerprint density at radius 1 is 1.39 bits per heavy atom. The van der Waals surface area contributed by atoms with Gasteiger partial charge in [-0.3, -0.25) is 4.21 Å². The minimum absolute atomic E-state index is 0.0914. The van der Waals surface area contributed by atoms with Crippen molar-refractivity contribution in [2.45, 2.75) is 30.5 Å². The Kier molecular flexibility index (Phi) is 5.34. The lowest BCUT2D eigenvalue weighted by atomic mass is 10.2. The van der Waals surface area contributed by atoms with Crippen LogP contribution in [0, 0.1) is 6.92 Å². The molecule has 2 nitrogen and oxygen atoms in total. The number of alkyl halides is 3. The van der Waals surface area contributed by atoms with Gasteiger partial charge in [0.15, 0.2) is 0 Å². The maximum absolute atomic E-state index is 12.7. The van der Waals surface area contributed by atoms with E-state index in [0.717, 1.165) is 5.56 Å². The number of halogens is 3. The summed E-state index contributed by atoms with van der Waals surface area (Å²) in [6.45, 7) is 1.72. The average Bonchev–Trinajstić information content (AvgIpc) is 2.24. The number of rotatable bonds is 5.